The molecule has 0 aromatic heterocycles. The molecule has 1 aliphatic heterocycles. The van der Waals surface area contributed by atoms with E-state index in [1.165, 1.54) is 27.7 Å². The number of carboxylic acids is 1. The number of fused-ring (bicyclic) bond motifs is 1. The molecule has 0 radical (unpaired) electrons. The highest BCUT2D eigenvalue weighted by molar-refractivity contribution is 14.1. The lowest BCUT2D eigenvalue weighted by molar-refractivity contribution is -0.439. The van der Waals surface area contributed by atoms with Crippen LogP contribution in [-0.2, 0) is 20.3 Å². The number of carboxylic acid groups (broad SMARTS) is 1. The van der Waals surface area contributed by atoms with Crippen LogP contribution in [0.1, 0.15) is 64.4 Å². The molecule has 10 heteroatoms. The highest BCUT2D eigenvalue weighted by Crippen LogP contribution is 2.47. The Hall–Kier alpha value is 0.460. The van der Waals surface area contributed by atoms with E-state index in [9.17, 15) is 13.2 Å². The van der Waals surface area contributed by atoms with Crippen LogP contribution in [-0.4, -0.2) is 46.6 Å². The van der Waals surface area contributed by atoms with Crippen LogP contribution in [0.5, 0.6) is 0 Å². The fraction of sp³-hybridized carbons (Fsp3) is 0.600. The van der Waals surface area contributed by atoms with Gasteiger partial charge in [0.05, 0.1) is 16.7 Å². The molecule has 1 atom stereocenters. The van der Waals surface area contributed by atoms with Crippen molar-refractivity contribution in [3.05, 3.63) is 22.3 Å². The lowest BCUT2D eigenvalue weighted by Gasteiger charge is -2.24. The summed E-state index contributed by atoms with van der Waals surface area (Å²) in [4.78, 5) is 10.8. The van der Waals surface area contributed by atoms with E-state index in [1.807, 2.05) is 0 Å². The van der Waals surface area contributed by atoms with Gasteiger partial charge in [0.25, 0.3) is 10.1 Å². The normalized spacial score (nSPS) is 18.7. The van der Waals surface area contributed by atoms with Crippen molar-refractivity contribution in [1.82, 2.24) is 0 Å². The average Bonchev–Trinajstić information content (AvgIpc) is 2.83. The standard InChI is InChI=1S/C20H26I3NO5S/c1-13-20(2,9-5-3-4-8-16(25)26)17-15(12-14(21)18(22)19(17)23)24(13)10-6-7-11-30(27,28)29/h12H,3-11H2,1-2H3,(H-,25,26,27,28,29)/p+1. The Kier molecular flexibility index (Phi) is 9.84. The van der Waals surface area contributed by atoms with Crippen molar-refractivity contribution in [2.24, 2.45) is 0 Å². The van der Waals surface area contributed by atoms with E-state index in [2.05, 4.69) is 92.3 Å². The third-order valence-corrected chi connectivity index (χ3v) is 11.7. The quantitative estimate of drug-likeness (QED) is 0.101. The van der Waals surface area contributed by atoms with Crippen LogP contribution in [0, 0.1) is 10.7 Å². The zero-order valence-electron chi connectivity index (χ0n) is 17.0. The predicted molar refractivity (Wildman–Crippen MR) is 144 cm³/mol. The van der Waals surface area contributed by atoms with Crippen LogP contribution in [0.3, 0.4) is 0 Å². The van der Waals surface area contributed by atoms with Gasteiger partial charge in [-0.25, -0.2) is 0 Å². The molecule has 1 heterocycles. The SMILES string of the molecule is CC1=[N+](CCCCS(=O)(=O)O)c2cc(I)c(I)c(I)c2C1(C)CCCCCC(=O)O. The van der Waals surface area contributed by atoms with Gasteiger partial charge in [-0.05, 0) is 94.0 Å². The first-order valence-corrected chi connectivity index (χ1v) is 14.7. The first kappa shape index (κ1) is 26.7. The molecule has 168 valence electrons. The Balaban J connectivity index is 2.29. The molecule has 0 aliphatic carbocycles. The van der Waals surface area contributed by atoms with E-state index in [0.29, 0.717) is 25.8 Å². The predicted octanol–water partition coefficient (Wildman–Crippen LogP) is 5.58. The van der Waals surface area contributed by atoms with Gasteiger partial charge in [-0.2, -0.15) is 13.0 Å². The van der Waals surface area contributed by atoms with E-state index in [4.69, 9.17) is 9.66 Å². The minimum Gasteiger partial charge on any atom is -0.481 e. The highest BCUT2D eigenvalue weighted by Gasteiger charge is 2.48. The number of halogens is 3. The number of hydrogen-bond acceptors (Lipinski definition) is 3. The van der Waals surface area contributed by atoms with E-state index in [0.717, 1.165) is 19.3 Å². The Morgan fingerprint density at radius 2 is 1.77 bits per heavy atom. The Morgan fingerprint density at radius 3 is 2.37 bits per heavy atom. The van der Waals surface area contributed by atoms with Gasteiger partial charge in [-0.15, -0.1) is 0 Å². The lowest BCUT2D eigenvalue weighted by Crippen LogP contribution is -2.31. The number of hydrogen-bond donors (Lipinski definition) is 2. The molecule has 0 fully saturated rings. The van der Waals surface area contributed by atoms with Crippen LogP contribution >= 0.6 is 67.8 Å². The molecule has 0 bridgehead atoms. The number of carbonyl (C=O) groups is 1. The molecule has 0 spiro atoms. The number of aliphatic carboxylic acids is 1. The summed E-state index contributed by atoms with van der Waals surface area (Å²) in [6.07, 6.45) is 4.78. The minimum atomic E-state index is -3.93. The van der Waals surface area contributed by atoms with Crippen molar-refractivity contribution in [1.29, 1.82) is 0 Å². The van der Waals surface area contributed by atoms with Crippen LogP contribution in [0.2, 0.25) is 0 Å². The fourth-order valence-electron chi connectivity index (χ4n) is 4.06. The van der Waals surface area contributed by atoms with E-state index in [-0.39, 0.29) is 17.6 Å². The topological polar surface area (TPSA) is 94.7 Å². The Labute approximate surface area is 219 Å². The molecule has 1 aliphatic rings. The molecule has 1 aromatic rings. The average molecular weight is 774 g/mol. The fourth-order valence-corrected chi connectivity index (χ4v) is 7.30. The smallest absolute Gasteiger partial charge is 0.303 e. The largest absolute Gasteiger partial charge is 0.481 e. The van der Waals surface area contributed by atoms with Gasteiger partial charge < -0.3 is 5.11 Å². The summed E-state index contributed by atoms with van der Waals surface area (Å²) in [7, 11) is -3.93. The van der Waals surface area contributed by atoms with Crippen LogP contribution in [0.15, 0.2) is 6.07 Å². The lowest BCUT2D eigenvalue weighted by atomic mass is 9.76. The molecule has 6 nitrogen and oxygen atoms in total. The second-order valence-electron chi connectivity index (χ2n) is 7.90. The molecular weight excluding hydrogens is 747 g/mol. The Morgan fingerprint density at radius 1 is 1.10 bits per heavy atom. The van der Waals surface area contributed by atoms with Gasteiger partial charge >= 0.3 is 5.97 Å². The molecule has 2 N–H and O–H groups in total. The maximum atomic E-state index is 11.0. The molecule has 0 saturated carbocycles. The molecule has 30 heavy (non-hydrogen) atoms. The third-order valence-electron chi connectivity index (χ3n) is 5.79. The highest BCUT2D eigenvalue weighted by atomic mass is 127. The van der Waals surface area contributed by atoms with Gasteiger partial charge in [-0.3, -0.25) is 9.35 Å². The molecule has 0 amide bonds. The van der Waals surface area contributed by atoms with Crippen LogP contribution < -0.4 is 0 Å². The Bertz CT molecular complexity index is 962. The molecular formula is C20H27I3NO5S+. The summed E-state index contributed by atoms with van der Waals surface area (Å²) in [6, 6.07) is 2.21. The van der Waals surface area contributed by atoms with Gasteiger partial charge in [0.15, 0.2) is 5.71 Å². The number of unbranched alkanes of at least 4 members (excludes halogenated alkanes) is 3. The second kappa shape index (κ2) is 11.1. The van der Waals surface area contributed by atoms with E-state index in [1.54, 1.807) is 0 Å². The van der Waals surface area contributed by atoms with Gasteiger partial charge in [-0.1, -0.05) is 12.8 Å². The molecule has 2 rings (SSSR count). The van der Waals surface area contributed by atoms with Gasteiger partial charge in [0.2, 0.25) is 5.69 Å². The van der Waals surface area contributed by atoms with E-state index < -0.39 is 16.1 Å². The first-order valence-electron chi connectivity index (χ1n) is 9.85. The van der Waals surface area contributed by atoms with Crippen molar-refractivity contribution >= 4 is 95.3 Å². The van der Waals surface area contributed by atoms with E-state index >= 15 is 0 Å². The molecule has 1 unspecified atom stereocenters. The van der Waals surface area contributed by atoms with Crippen molar-refractivity contribution in [2.75, 3.05) is 12.3 Å². The summed E-state index contributed by atoms with van der Waals surface area (Å²) in [6.45, 7) is 5.12. The number of nitrogens with zero attached hydrogens (tertiary/aromatic N) is 1. The van der Waals surface area contributed by atoms with Crippen LogP contribution in [0.4, 0.5) is 5.69 Å². The second-order valence-corrected chi connectivity index (χ2v) is 12.8. The first-order chi connectivity index (χ1) is 13.9. The minimum absolute atomic E-state index is 0.137. The van der Waals surface area contributed by atoms with Crippen LogP contribution in [0.25, 0.3) is 0 Å². The summed E-state index contributed by atoms with van der Waals surface area (Å²) >= 11 is 7.18. The zero-order chi connectivity index (χ0) is 22.7. The summed E-state index contributed by atoms with van der Waals surface area (Å²) in [5.74, 6) is -0.958. The monoisotopic (exact) mass is 774 g/mol. The molecule has 0 saturated heterocycles. The van der Waals surface area contributed by atoms with Crippen molar-refractivity contribution < 1.29 is 27.4 Å². The maximum Gasteiger partial charge on any atom is 0.303 e. The van der Waals surface area contributed by atoms with Gasteiger partial charge in [0, 0.05) is 36.5 Å². The number of rotatable bonds is 11. The maximum absolute atomic E-state index is 11.0. The summed E-state index contributed by atoms with van der Waals surface area (Å²) in [5.41, 5.74) is 3.61. The van der Waals surface area contributed by atoms with Crippen molar-refractivity contribution in [3.63, 3.8) is 0 Å². The summed E-state index contributed by atoms with van der Waals surface area (Å²) in [5, 5.41) is 8.86. The van der Waals surface area contributed by atoms with Crippen molar-refractivity contribution in [2.45, 2.75) is 64.2 Å². The number of benzene rings is 1. The molecule has 1 aromatic carbocycles. The van der Waals surface area contributed by atoms with Crippen molar-refractivity contribution in [3.8, 4) is 0 Å². The zero-order valence-corrected chi connectivity index (χ0v) is 24.3. The third kappa shape index (κ3) is 6.50. The summed E-state index contributed by atoms with van der Waals surface area (Å²) < 4.78 is 37.0. The van der Waals surface area contributed by atoms with Gasteiger partial charge in [0.1, 0.15) is 6.54 Å².